The largest absolute Gasteiger partial charge is 0.344 e. The van der Waals surface area contributed by atoms with Crippen molar-refractivity contribution in [1.82, 2.24) is 15.3 Å². The van der Waals surface area contributed by atoms with E-state index in [0.717, 1.165) is 10.7 Å². The van der Waals surface area contributed by atoms with Gasteiger partial charge in [-0.3, -0.25) is 4.79 Å². The predicted molar refractivity (Wildman–Crippen MR) is 64.1 cm³/mol. The average molecular weight is 235 g/mol. The van der Waals surface area contributed by atoms with Gasteiger partial charge in [0.15, 0.2) is 0 Å². The van der Waals surface area contributed by atoms with E-state index in [4.69, 9.17) is 6.42 Å². The number of carbonyl (C=O) groups excluding carboxylic acids is 1. The second-order valence-electron chi connectivity index (χ2n) is 3.16. The van der Waals surface area contributed by atoms with Gasteiger partial charge in [-0.05, 0) is 19.9 Å². The van der Waals surface area contributed by atoms with E-state index in [-0.39, 0.29) is 12.5 Å². The van der Waals surface area contributed by atoms with E-state index >= 15 is 0 Å². The molecular weight excluding hydrogens is 222 g/mol. The van der Waals surface area contributed by atoms with Crippen LogP contribution >= 0.6 is 11.8 Å². The lowest BCUT2D eigenvalue weighted by Gasteiger charge is -2.03. The van der Waals surface area contributed by atoms with Crippen molar-refractivity contribution in [3.05, 3.63) is 17.6 Å². The molecule has 0 fully saturated rings. The number of thioether (sulfide) groups is 1. The average Bonchev–Trinajstić information content (AvgIpc) is 2.22. The summed E-state index contributed by atoms with van der Waals surface area (Å²) in [4.78, 5) is 19.7. The standard InChI is InChI=1S/C11H13N3OS/c1-4-5-12-10(15)7-16-11-6-8(2)13-9(3)14-11/h1,6H,5,7H2,2-3H3,(H,12,15). The van der Waals surface area contributed by atoms with Crippen LogP contribution in [0.1, 0.15) is 11.5 Å². The Hall–Kier alpha value is -1.54. The first kappa shape index (κ1) is 12.5. The van der Waals surface area contributed by atoms with Gasteiger partial charge in [-0.1, -0.05) is 17.7 Å². The fourth-order valence-electron chi connectivity index (χ4n) is 1.10. The molecule has 84 valence electrons. The number of terminal acetylenes is 1. The summed E-state index contributed by atoms with van der Waals surface area (Å²) in [5, 5.41) is 3.40. The van der Waals surface area contributed by atoms with Crippen LogP contribution in [0.2, 0.25) is 0 Å². The Bertz CT molecular complexity index is 405. The molecule has 1 rings (SSSR count). The highest BCUT2D eigenvalue weighted by atomic mass is 32.2. The number of carbonyl (C=O) groups is 1. The predicted octanol–water partition coefficient (Wildman–Crippen LogP) is 0.935. The topological polar surface area (TPSA) is 54.9 Å². The SMILES string of the molecule is C#CCNC(=O)CSc1cc(C)nc(C)n1. The number of amides is 1. The van der Waals surface area contributed by atoms with Crippen LogP contribution in [0.15, 0.2) is 11.1 Å². The van der Waals surface area contributed by atoms with Gasteiger partial charge >= 0.3 is 0 Å². The van der Waals surface area contributed by atoms with Crippen LogP contribution in [0.25, 0.3) is 0 Å². The molecule has 16 heavy (non-hydrogen) atoms. The second-order valence-corrected chi connectivity index (χ2v) is 4.16. The minimum atomic E-state index is -0.0862. The van der Waals surface area contributed by atoms with Gasteiger partial charge < -0.3 is 5.32 Å². The summed E-state index contributed by atoms with van der Waals surface area (Å²) < 4.78 is 0. The van der Waals surface area contributed by atoms with E-state index in [9.17, 15) is 4.79 Å². The molecule has 1 aromatic rings. The molecule has 0 unspecified atom stereocenters. The number of rotatable bonds is 4. The smallest absolute Gasteiger partial charge is 0.231 e. The van der Waals surface area contributed by atoms with Crippen molar-refractivity contribution in [2.24, 2.45) is 0 Å². The Morgan fingerprint density at radius 1 is 1.56 bits per heavy atom. The molecule has 4 nitrogen and oxygen atoms in total. The Labute approximate surface area is 99.3 Å². The van der Waals surface area contributed by atoms with Crippen LogP contribution in [-0.2, 0) is 4.79 Å². The van der Waals surface area contributed by atoms with Crippen molar-refractivity contribution < 1.29 is 4.79 Å². The van der Waals surface area contributed by atoms with E-state index in [0.29, 0.717) is 11.6 Å². The fraction of sp³-hybridized carbons (Fsp3) is 0.364. The van der Waals surface area contributed by atoms with E-state index in [1.807, 2.05) is 19.9 Å². The van der Waals surface area contributed by atoms with E-state index in [1.54, 1.807) is 0 Å². The lowest BCUT2D eigenvalue weighted by molar-refractivity contribution is -0.118. The van der Waals surface area contributed by atoms with Gasteiger partial charge in [0.05, 0.1) is 12.3 Å². The van der Waals surface area contributed by atoms with Crippen molar-refractivity contribution in [1.29, 1.82) is 0 Å². The molecule has 1 N–H and O–H groups in total. The number of aryl methyl sites for hydroxylation is 2. The fourth-order valence-corrected chi connectivity index (χ4v) is 1.93. The molecule has 0 aliphatic heterocycles. The van der Waals surface area contributed by atoms with Gasteiger partial charge in [-0.25, -0.2) is 9.97 Å². The van der Waals surface area contributed by atoms with Crippen molar-refractivity contribution in [2.45, 2.75) is 18.9 Å². The quantitative estimate of drug-likeness (QED) is 0.479. The Kier molecular flexibility index (Phi) is 4.80. The van der Waals surface area contributed by atoms with Gasteiger partial charge in [-0.2, -0.15) is 0 Å². The van der Waals surface area contributed by atoms with Crippen molar-refractivity contribution in [2.75, 3.05) is 12.3 Å². The maximum atomic E-state index is 11.3. The molecule has 0 aliphatic rings. The molecule has 1 aromatic heterocycles. The lowest BCUT2D eigenvalue weighted by atomic mass is 10.4. The molecule has 0 atom stereocenters. The van der Waals surface area contributed by atoms with Crippen molar-refractivity contribution in [3.8, 4) is 12.3 Å². The highest BCUT2D eigenvalue weighted by Gasteiger charge is 2.04. The van der Waals surface area contributed by atoms with E-state index in [1.165, 1.54) is 11.8 Å². The monoisotopic (exact) mass is 235 g/mol. The van der Waals surface area contributed by atoms with Gasteiger partial charge in [0, 0.05) is 5.69 Å². The number of nitrogens with one attached hydrogen (secondary N) is 1. The van der Waals surface area contributed by atoms with Gasteiger partial charge in [0.1, 0.15) is 10.9 Å². The van der Waals surface area contributed by atoms with Crippen LogP contribution in [0.5, 0.6) is 0 Å². The Morgan fingerprint density at radius 2 is 2.31 bits per heavy atom. The summed E-state index contributed by atoms with van der Waals surface area (Å²) in [7, 11) is 0. The van der Waals surface area contributed by atoms with Crippen LogP contribution in [0, 0.1) is 26.2 Å². The molecule has 0 aromatic carbocycles. The zero-order valence-corrected chi connectivity index (χ0v) is 10.1. The lowest BCUT2D eigenvalue weighted by Crippen LogP contribution is -2.25. The molecule has 0 saturated heterocycles. The maximum absolute atomic E-state index is 11.3. The number of aromatic nitrogens is 2. The van der Waals surface area contributed by atoms with Gasteiger partial charge in [-0.15, -0.1) is 6.42 Å². The highest BCUT2D eigenvalue weighted by molar-refractivity contribution is 7.99. The van der Waals surface area contributed by atoms with Gasteiger partial charge in [0.2, 0.25) is 5.91 Å². The first-order valence-corrected chi connectivity index (χ1v) is 5.75. The molecule has 1 heterocycles. The number of hydrogen-bond donors (Lipinski definition) is 1. The Balaban J connectivity index is 2.48. The zero-order chi connectivity index (χ0) is 12.0. The molecule has 0 radical (unpaired) electrons. The van der Waals surface area contributed by atoms with E-state index < -0.39 is 0 Å². The highest BCUT2D eigenvalue weighted by Crippen LogP contribution is 2.15. The zero-order valence-electron chi connectivity index (χ0n) is 9.28. The minimum absolute atomic E-state index is 0.0862. The number of hydrogen-bond acceptors (Lipinski definition) is 4. The summed E-state index contributed by atoms with van der Waals surface area (Å²) in [5.74, 6) is 3.29. The molecule has 0 saturated carbocycles. The first-order chi connectivity index (χ1) is 7.61. The molecule has 0 aliphatic carbocycles. The van der Waals surface area contributed by atoms with E-state index in [2.05, 4.69) is 21.2 Å². The van der Waals surface area contributed by atoms with Crippen LogP contribution < -0.4 is 5.32 Å². The third-order valence-corrected chi connectivity index (χ3v) is 2.59. The second kappa shape index (κ2) is 6.13. The van der Waals surface area contributed by atoms with Crippen LogP contribution in [0.3, 0.4) is 0 Å². The summed E-state index contributed by atoms with van der Waals surface area (Å²) in [6, 6.07) is 1.85. The summed E-state index contributed by atoms with van der Waals surface area (Å²) >= 11 is 1.38. The van der Waals surface area contributed by atoms with Crippen LogP contribution in [-0.4, -0.2) is 28.2 Å². The molecule has 1 amide bonds. The third kappa shape index (κ3) is 4.32. The van der Waals surface area contributed by atoms with Crippen molar-refractivity contribution >= 4 is 17.7 Å². The molecule has 0 bridgehead atoms. The molecule has 5 heteroatoms. The molecular formula is C11H13N3OS. The van der Waals surface area contributed by atoms with Gasteiger partial charge in [0.25, 0.3) is 0 Å². The minimum Gasteiger partial charge on any atom is -0.344 e. The summed E-state index contributed by atoms with van der Waals surface area (Å²) in [6.07, 6.45) is 5.03. The van der Waals surface area contributed by atoms with Crippen molar-refractivity contribution in [3.63, 3.8) is 0 Å². The first-order valence-electron chi connectivity index (χ1n) is 4.77. The van der Waals surface area contributed by atoms with Crippen LogP contribution in [0.4, 0.5) is 0 Å². The summed E-state index contributed by atoms with van der Waals surface area (Å²) in [6.45, 7) is 3.99. The summed E-state index contributed by atoms with van der Waals surface area (Å²) in [5.41, 5.74) is 0.902. The normalized spacial score (nSPS) is 9.56. The number of nitrogens with zero attached hydrogens (tertiary/aromatic N) is 2. The third-order valence-electron chi connectivity index (χ3n) is 1.68. The maximum Gasteiger partial charge on any atom is 0.231 e. The Morgan fingerprint density at radius 3 is 2.94 bits per heavy atom. The molecule has 0 spiro atoms.